The first kappa shape index (κ1) is 24.7. The van der Waals surface area contributed by atoms with Crippen LogP contribution in [0.5, 0.6) is 0 Å². The van der Waals surface area contributed by atoms with Crippen LogP contribution in [0.3, 0.4) is 0 Å². The Balaban J connectivity index is 1.02. The SMILES string of the molecule is Cc1nccc2c(C(C(=O)O)N3CC(OCCCCCCc4ccc5c(n4)NCCC5)C3)cccc12. The lowest BCUT2D eigenvalue weighted by Crippen LogP contribution is -2.55. The van der Waals surface area contributed by atoms with Crippen LogP contribution in [0.1, 0.15) is 60.7 Å². The van der Waals surface area contributed by atoms with Crippen LogP contribution in [0.15, 0.2) is 42.6 Å². The van der Waals surface area contributed by atoms with Crippen molar-refractivity contribution in [2.75, 3.05) is 31.6 Å². The van der Waals surface area contributed by atoms with Gasteiger partial charge in [-0.15, -0.1) is 0 Å². The van der Waals surface area contributed by atoms with Gasteiger partial charge < -0.3 is 15.2 Å². The molecule has 190 valence electrons. The molecule has 1 unspecified atom stereocenters. The second kappa shape index (κ2) is 11.4. The van der Waals surface area contributed by atoms with Gasteiger partial charge in [-0.2, -0.15) is 0 Å². The number of carboxylic acids is 1. The maximum atomic E-state index is 12.2. The molecule has 0 bridgehead atoms. The summed E-state index contributed by atoms with van der Waals surface area (Å²) in [6.07, 6.45) is 9.69. The number of anilines is 1. The number of carbonyl (C=O) groups is 1. The first-order valence-corrected chi connectivity index (χ1v) is 13.3. The summed E-state index contributed by atoms with van der Waals surface area (Å²) in [6.45, 7) is 5.01. The summed E-state index contributed by atoms with van der Waals surface area (Å²) in [5, 5.41) is 15.4. The Morgan fingerprint density at radius 2 is 2.00 bits per heavy atom. The summed E-state index contributed by atoms with van der Waals surface area (Å²) in [5.41, 5.74) is 4.27. The van der Waals surface area contributed by atoms with Crippen molar-refractivity contribution in [3.8, 4) is 0 Å². The number of unbranched alkanes of at least 4 members (excludes halogenated alkanes) is 3. The second-order valence-electron chi connectivity index (χ2n) is 10.0. The highest BCUT2D eigenvalue weighted by atomic mass is 16.5. The Kier molecular flexibility index (Phi) is 7.78. The van der Waals surface area contributed by atoms with E-state index < -0.39 is 12.0 Å². The van der Waals surface area contributed by atoms with E-state index in [-0.39, 0.29) is 6.10 Å². The summed E-state index contributed by atoms with van der Waals surface area (Å²) < 4.78 is 6.04. The molecule has 5 rings (SSSR count). The van der Waals surface area contributed by atoms with E-state index in [4.69, 9.17) is 9.72 Å². The maximum Gasteiger partial charge on any atom is 0.325 e. The number of ether oxygens (including phenoxy) is 1. The van der Waals surface area contributed by atoms with Crippen molar-refractivity contribution in [3.05, 3.63) is 65.1 Å². The number of hydrogen-bond acceptors (Lipinski definition) is 6. The van der Waals surface area contributed by atoms with Crippen molar-refractivity contribution in [3.63, 3.8) is 0 Å². The van der Waals surface area contributed by atoms with Crippen LogP contribution < -0.4 is 5.32 Å². The lowest BCUT2D eigenvalue weighted by atomic mass is 9.95. The molecule has 2 N–H and O–H groups in total. The van der Waals surface area contributed by atoms with E-state index in [0.717, 1.165) is 73.1 Å². The number of rotatable bonds is 11. The minimum Gasteiger partial charge on any atom is -0.480 e. The van der Waals surface area contributed by atoms with Gasteiger partial charge in [0.25, 0.3) is 0 Å². The number of nitrogens with one attached hydrogen (secondary N) is 1. The van der Waals surface area contributed by atoms with E-state index in [1.165, 1.54) is 24.1 Å². The summed E-state index contributed by atoms with van der Waals surface area (Å²) in [5.74, 6) is 0.263. The Morgan fingerprint density at radius 1 is 1.14 bits per heavy atom. The van der Waals surface area contributed by atoms with Crippen LogP contribution in [-0.2, 0) is 22.4 Å². The molecule has 0 saturated carbocycles. The summed E-state index contributed by atoms with van der Waals surface area (Å²) in [7, 11) is 0. The molecule has 0 spiro atoms. The predicted octanol–water partition coefficient (Wildman–Crippen LogP) is 4.93. The largest absolute Gasteiger partial charge is 0.480 e. The number of hydrogen-bond donors (Lipinski definition) is 2. The zero-order valence-electron chi connectivity index (χ0n) is 21.1. The van der Waals surface area contributed by atoms with Crippen LogP contribution in [0.2, 0.25) is 0 Å². The first-order chi connectivity index (χ1) is 17.6. The highest BCUT2D eigenvalue weighted by Crippen LogP contribution is 2.33. The Hall–Kier alpha value is -3.03. The highest BCUT2D eigenvalue weighted by Gasteiger charge is 2.38. The Labute approximate surface area is 212 Å². The number of fused-ring (bicyclic) bond motifs is 2. The molecule has 2 aliphatic heterocycles. The van der Waals surface area contributed by atoms with E-state index in [0.29, 0.717) is 13.1 Å². The van der Waals surface area contributed by atoms with Crippen molar-refractivity contribution < 1.29 is 14.6 Å². The molecule has 0 radical (unpaired) electrons. The van der Waals surface area contributed by atoms with Gasteiger partial charge >= 0.3 is 5.97 Å². The lowest BCUT2D eigenvalue weighted by Gasteiger charge is -2.42. The topological polar surface area (TPSA) is 87.6 Å². The molecule has 7 heteroatoms. The van der Waals surface area contributed by atoms with Crippen LogP contribution >= 0.6 is 0 Å². The van der Waals surface area contributed by atoms with Crippen LogP contribution in [0.25, 0.3) is 10.8 Å². The molecule has 2 aliphatic rings. The molecule has 1 saturated heterocycles. The number of likely N-dealkylation sites (tertiary alicyclic amines) is 1. The van der Waals surface area contributed by atoms with Crippen LogP contribution in [0.4, 0.5) is 5.82 Å². The third kappa shape index (κ3) is 5.52. The lowest BCUT2D eigenvalue weighted by molar-refractivity contribution is -0.150. The molecule has 0 aliphatic carbocycles. The monoisotopic (exact) mass is 488 g/mol. The van der Waals surface area contributed by atoms with Gasteiger partial charge in [0.2, 0.25) is 0 Å². The average molecular weight is 489 g/mol. The molecule has 0 amide bonds. The first-order valence-electron chi connectivity index (χ1n) is 13.3. The average Bonchev–Trinajstić information content (AvgIpc) is 2.86. The fourth-order valence-corrected chi connectivity index (χ4v) is 5.41. The minimum absolute atomic E-state index is 0.109. The van der Waals surface area contributed by atoms with Gasteiger partial charge in [-0.25, -0.2) is 4.98 Å². The number of aryl methyl sites for hydroxylation is 3. The molecule has 1 atom stereocenters. The van der Waals surface area contributed by atoms with Gasteiger partial charge in [0.1, 0.15) is 11.9 Å². The summed E-state index contributed by atoms with van der Waals surface area (Å²) in [4.78, 5) is 23.3. The van der Waals surface area contributed by atoms with Gasteiger partial charge in [0, 0.05) is 49.2 Å². The quantitative estimate of drug-likeness (QED) is 0.370. The van der Waals surface area contributed by atoms with Gasteiger partial charge in [-0.1, -0.05) is 37.1 Å². The van der Waals surface area contributed by atoms with Crippen LogP contribution in [0, 0.1) is 6.92 Å². The number of pyridine rings is 2. The molecule has 3 aromatic rings. The zero-order valence-corrected chi connectivity index (χ0v) is 21.1. The van der Waals surface area contributed by atoms with Crippen molar-refractivity contribution >= 4 is 22.6 Å². The van der Waals surface area contributed by atoms with Gasteiger partial charge in [0.05, 0.1) is 6.10 Å². The zero-order chi connectivity index (χ0) is 24.9. The minimum atomic E-state index is -0.820. The van der Waals surface area contributed by atoms with Crippen molar-refractivity contribution in [2.45, 2.75) is 64.0 Å². The third-order valence-corrected chi connectivity index (χ3v) is 7.44. The number of carboxylic acid groups (broad SMARTS) is 1. The van der Waals surface area contributed by atoms with E-state index in [9.17, 15) is 9.90 Å². The summed E-state index contributed by atoms with van der Waals surface area (Å²) >= 11 is 0. The maximum absolute atomic E-state index is 12.2. The highest BCUT2D eigenvalue weighted by molar-refractivity contribution is 5.91. The molecule has 1 fully saturated rings. The third-order valence-electron chi connectivity index (χ3n) is 7.44. The van der Waals surface area contributed by atoms with E-state index >= 15 is 0 Å². The van der Waals surface area contributed by atoms with Gasteiger partial charge in [0.15, 0.2) is 0 Å². The normalized spacial score (nSPS) is 16.8. The number of benzene rings is 1. The predicted molar refractivity (Wildman–Crippen MR) is 141 cm³/mol. The number of nitrogens with zero attached hydrogens (tertiary/aromatic N) is 3. The molecule has 7 nitrogen and oxygen atoms in total. The Morgan fingerprint density at radius 3 is 2.86 bits per heavy atom. The molecule has 36 heavy (non-hydrogen) atoms. The smallest absolute Gasteiger partial charge is 0.325 e. The second-order valence-corrected chi connectivity index (χ2v) is 10.0. The van der Waals surface area contributed by atoms with Crippen molar-refractivity contribution in [1.82, 2.24) is 14.9 Å². The van der Waals surface area contributed by atoms with Crippen LogP contribution in [-0.4, -0.2) is 58.3 Å². The standard InChI is InChI=1S/C29H36N4O3/c1-20-24-10-6-11-26(25(24)14-16-30-20)27(29(34)35)33-18-23(19-33)36-17-5-3-2-4-9-22-13-12-21-8-7-15-31-28(21)32-22/h6,10-14,16,23,27H,2-5,7-9,15,17-19H2,1H3,(H,31,32)(H,34,35). The Bertz CT molecular complexity index is 1210. The van der Waals surface area contributed by atoms with Crippen molar-refractivity contribution in [2.24, 2.45) is 0 Å². The number of aliphatic carboxylic acids is 1. The molecule has 2 aromatic heterocycles. The molecular weight excluding hydrogens is 452 g/mol. The van der Waals surface area contributed by atoms with Gasteiger partial charge in [-0.05, 0) is 67.7 Å². The van der Waals surface area contributed by atoms with E-state index in [2.05, 4.69) is 22.4 Å². The van der Waals surface area contributed by atoms with E-state index in [1.807, 2.05) is 36.1 Å². The molecular formula is C29H36N4O3. The van der Waals surface area contributed by atoms with E-state index in [1.54, 1.807) is 6.20 Å². The fraction of sp³-hybridized carbons (Fsp3) is 0.483. The fourth-order valence-electron chi connectivity index (χ4n) is 5.41. The van der Waals surface area contributed by atoms with Crippen molar-refractivity contribution in [1.29, 1.82) is 0 Å². The van der Waals surface area contributed by atoms with Gasteiger partial charge in [-0.3, -0.25) is 14.7 Å². The number of aromatic nitrogens is 2. The molecule has 1 aromatic carbocycles. The molecule has 4 heterocycles. The summed E-state index contributed by atoms with van der Waals surface area (Å²) in [6, 6.07) is 11.5.